The zero-order chi connectivity index (χ0) is 15.6. The molecule has 0 aliphatic carbocycles. The lowest BCUT2D eigenvalue weighted by atomic mass is 10.1. The van der Waals surface area contributed by atoms with Gasteiger partial charge in [0.2, 0.25) is 10.0 Å². The van der Waals surface area contributed by atoms with Gasteiger partial charge in [-0.2, -0.15) is 0 Å². The third-order valence-electron chi connectivity index (χ3n) is 2.68. The number of ether oxygens (including phenoxy) is 1. The molecule has 7 nitrogen and oxygen atoms in total. The van der Waals surface area contributed by atoms with Crippen molar-refractivity contribution in [2.24, 2.45) is 10.9 Å². The van der Waals surface area contributed by atoms with Crippen molar-refractivity contribution in [3.05, 3.63) is 48.0 Å². The summed E-state index contributed by atoms with van der Waals surface area (Å²) in [5.41, 5.74) is 11.2. The molecular weight excluding hydrogens is 294 g/mol. The third-order valence-corrected chi connectivity index (χ3v) is 3.61. The fourth-order valence-electron chi connectivity index (χ4n) is 1.65. The van der Waals surface area contributed by atoms with Crippen LogP contribution in [0.5, 0.6) is 11.5 Å². The lowest BCUT2D eigenvalue weighted by Gasteiger charge is -2.08. The fourth-order valence-corrected chi connectivity index (χ4v) is 2.16. The van der Waals surface area contributed by atoms with E-state index in [1.54, 1.807) is 6.07 Å². The molecule has 0 bridgehead atoms. The number of carbonyl (C=O) groups is 1. The van der Waals surface area contributed by atoms with Crippen LogP contribution in [0, 0.1) is 0 Å². The Bertz CT molecular complexity index is 786. The third kappa shape index (κ3) is 3.50. The van der Waals surface area contributed by atoms with E-state index in [0.29, 0.717) is 11.5 Å². The molecule has 6 N–H and O–H groups in total. The minimum absolute atomic E-state index is 0.0232. The van der Waals surface area contributed by atoms with Crippen LogP contribution in [0.1, 0.15) is 10.4 Å². The van der Waals surface area contributed by atoms with Crippen LogP contribution < -0.4 is 21.3 Å². The molecule has 0 fully saturated rings. The summed E-state index contributed by atoms with van der Waals surface area (Å²) in [6.45, 7) is 0. The number of rotatable bonds is 4. The van der Waals surface area contributed by atoms with Crippen molar-refractivity contribution in [2.45, 2.75) is 4.90 Å². The molecule has 21 heavy (non-hydrogen) atoms. The summed E-state index contributed by atoms with van der Waals surface area (Å²) >= 11 is 0. The fraction of sp³-hybridized carbons (Fsp3) is 0. The summed E-state index contributed by atoms with van der Waals surface area (Å²) < 4.78 is 27.8. The molecule has 0 saturated carbocycles. The molecule has 0 aliphatic heterocycles. The minimum atomic E-state index is -3.75. The van der Waals surface area contributed by atoms with Crippen molar-refractivity contribution in [1.82, 2.24) is 0 Å². The summed E-state index contributed by atoms with van der Waals surface area (Å²) in [5.74, 6) is 0.0615. The standard InChI is InChI=1S/C13H13N3O4S/c14-12-6-3-9(7-11(12)13(15)17)20-8-1-4-10(5-2-8)21(16,18)19/h1-7H,14H2,(H2,15,17)(H2,16,18,19). The second-order valence-corrected chi connectivity index (χ2v) is 5.79. The predicted molar refractivity (Wildman–Crippen MR) is 77.3 cm³/mol. The average molecular weight is 307 g/mol. The summed E-state index contributed by atoms with van der Waals surface area (Å²) in [6, 6.07) is 9.99. The van der Waals surface area contributed by atoms with Crippen LogP contribution in [0.3, 0.4) is 0 Å². The van der Waals surface area contributed by atoms with E-state index in [0.717, 1.165) is 0 Å². The van der Waals surface area contributed by atoms with E-state index in [4.69, 9.17) is 21.3 Å². The molecule has 0 atom stereocenters. The number of sulfonamides is 1. The maximum Gasteiger partial charge on any atom is 0.250 e. The Morgan fingerprint density at radius 3 is 2.10 bits per heavy atom. The van der Waals surface area contributed by atoms with E-state index in [1.165, 1.54) is 36.4 Å². The van der Waals surface area contributed by atoms with E-state index in [9.17, 15) is 13.2 Å². The van der Waals surface area contributed by atoms with Gasteiger partial charge in [-0.1, -0.05) is 0 Å². The van der Waals surface area contributed by atoms with Crippen molar-refractivity contribution >= 4 is 21.6 Å². The molecule has 110 valence electrons. The quantitative estimate of drug-likeness (QED) is 0.717. The Hall–Kier alpha value is -2.58. The minimum Gasteiger partial charge on any atom is -0.457 e. The lowest BCUT2D eigenvalue weighted by molar-refractivity contribution is 0.100. The molecule has 2 aromatic carbocycles. The van der Waals surface area contributed by atoms with Crippen molar-refractivity contribution in [1.29, 1.82) is 0 Å². The molecule has 0 unspecified atom stereocenters. The van der Waals surface area contributed by atoms with Gasteiger partial charge in [0.1, 0.15) is 11.5 Å². The molecular formula is C13H13N3O4S. The number of primary sulfonamides is 1. The van der Waals surface area contributed by atoms with Crippen molar-refractivity contribution in [2.75, 3.05) is 5.73 Å². The van der Waals surface area contributed by atoms with Gasteiger partial charge in [0.05, 0.1) is 10.5 Å². The summed E-state index contributed by atoms with van der Waals surface area (Å²) in [6.07, 6.45) is 0. The zero-order valence-corrected chi connectivity index (χ0v) is 11.6. The first-order valence-corrected chi connectivity index (χ1v) is 7.32. The van der Waals surface area contributed by atoms with E-state index >= 15 is 0 Å². The maximum absolute atomic E-state index is 11.2. The lowest BCUT2D eigenvalue weighted by Crippen LogP contribution is -2.13. The van der Waals surface area contributed by atoms with Gasteiger partial charge < -0.3 is 16.2 Å². The highest BCUT2D eigenvalue weighted by molar-refractivity contribution is 7.89. The van der Waals surface area contributed by atoms with Crippen LogP contribution in [0.2, 0.25) is 0 Å². The van der Waals surface area contributed by atoms with E-state index in [1.807, 2.05) is 0 Å². The number of nitrogens with two attached hydrogens (primary N) is 3. The molecule has 0 spiro atoms. The van der Waals surface area contributed by atoms with E-state index in [-0.39, 0.29) is 16.1 Å². The van der Waals surface area contributed by atoms with Gasteiger partial charge in [-0.15, -0.1) is 0 Å². The van der Waals surface area contributed by atoms with Crippen LogP contribution in [0.25, 0.3) is 0 Å². The molecule has 0 saturated heterocycles. The van der Waals surface area contributed by atoms with Crippen LogP contribution in [-0.2, 0) is 10.0 Å². The van der Waals surface area contributed by atoms with Gasteiger partial charge in [0, 0.05) is 5.69 Å². The van der Waals surface area contributed by atoms with Crippen LogP contribution >= 0.6 is 0 Å². The van der Waals surface area contributed by atoms with Gasteiger partial charge in [-0.3, -0.25) is 4.79 Å². The molecule has 1 amide bonds. The second-order valence-electron chi connectivity index (χ2n) is 4.23. The molecule has 0 heterocycles. The Morgan fingerprint density at radius 1 is 1.00 bits per heavy atom. The smallest absolute Gasteiger partial charge is 0.250 e. The normalized spacial score (nSPS) is 11.1. The first-order valence-electron chi connectivity index (χ1n) is 5.77. The van der Waals surface area contributed by atoms with Crippen molar-refractivity contribution < 1.29 is 17.9 Å². The average Bonchev–Trinajstić information content (AvgIpc) is 2.40. The monoisotopic (exact) mass is 307 g/mol. The number of benzene rings is 2. The number of carbonyl (C=O) groups excluding carboxylic acids is 1. The van der Waals surface area contributed by atoms with Gasteiger partial charge >= 0.3 is 0 Å². The predicted octanol–water partition coefficient (Wildman–Crippen LogP) is 0.807. The summed E-state index contributed by atoms with van der Waals surface area (Å²) in [4.78, 5) is 11.2. The molecule has 2 aromatic rings. The topological polar surface area (TPSA) is 138 Å². The zero-order valence-electron chi connectivity index (χ0n) is 10.8. The first-order chi connectivity index (χ1) is 9.77. The largest absolute Gasteiger partial charge is 0.457 e. The van der Waals surface area contributed by atoms with Gasteiger partial charge in [0.25, 0.3) is 5.91 Å². The summed E-state index contributed by atoms with van der Waals surface area (Å²) in [5, 5.41) is 5.00. The number of anilines is 1. The number of primary amides is 1. The maximum atomic E-state index is 11.2. The van der Waals surface area contributed by atoms with Crippen LogP contribution in [0.4, 0.5) is 5.69 Å². The van der Waals surface area contributed by atoms with Crippen LogP contribution in [-0.4, -0.2) is 14.3 Å². The Labute approximate surface area is 121 Å². The molecule has 0 radical (unpaired) electrons. The highest BCUT2D eigenvalue weighted by Crippen LogP contribution is 2.25. The highest BCUT2D eigenvalue weighted by Gasteiger charge is 2.10. The van der Waals surface area contributed by atoms with Crippen molar-refractivity contribution in [3.63, 3.8) is 0 Å². The molecule has 8 heteroatoms. The SMILES string of the molecule is NC(=O)c1cc(Oc2ccc(S(N)(=O)=O)cc2)ccc1N. The van der Waals surface area contributed by atoms with E-state index < -0.39 is 15.9 Å². The summed E-state index contributed by atoms with van der Waals surface area (Å²) in [7, 11) is -3.75. The number of hydrogen-bond acceptors (Lipinski definition) is 5. The van der Waals surface area contributed by atoms with Gasteiger partial charge in [0.15, 0.2) is 0 Å². The Kier molecular flexibility index (Phi) is 3.83. The first kappa shape index (κ1) is 14.8. The highest BCUT2D eigenvalue weighted by atomic mass is 32.2. The van der Waals surface area contributed by atoms with Gasteiger partial charge in [-0.05, 0) is 42.5 Å². The van der Waals surface area contributed by atoms with E-state index in [2.05, 4.69) is 0 Å². The van der Waals surface area contributed by atoms with Crippen molar-refractivity contribution in [3.8, 4) is 11.5 Å². The molecule has 0 aliphatic rings. The molecule has 0 aromatic heterocycles. The Balaban J connectivity index is 2.26. The van der Waals surface area contributed by atoms with Crippen LogP contribution in [0.15, 0.2) is 47.4 Å². The number of hydrogen-bond donors (Lipinski definition) is 3. The molecule has 2 rings (SSSR count). The van der Waals surface area contributed by atoms with Gasteiger partial charge in [-0.25, -0.2) is 13.6 Å². The number of amides is 1. The number of nitrogen functional groups attached to an aromatic ring is 1. The second kappa shape index (κ2) is 5.43. The Morgan fingerprint density at radius 2 is 1.57 bits per heavy atom.